The van der Waals surface area contributed by atoms with E-state index in [1.165, 1.54) is 4.68 Å². The molecule has 0 unspecified atom stereocenters. The van der Waals surface area contributed by atoms with E-state index in [-0.39, 0.29) is 9.92 Å². The summed E-state index contributed by atoms with van der Waals surface area (Å²) in [6.45, 7) is 3.83. The lowest BCUT2D eigenvalue weighted by Gasteiger charge is -2.10. The van der Waals surface area contributed by atoms with Gasteiger partial charge in [-0.2, -0.15) is 0 Å². The summed E-state index contributed by atoms with van der Waals surface area (Å²) in [5, 5.41) is 8.18. The minimum atomic E-state index is -3.87. The van der Waals surface area contributed by atoms with Gasteiger partial charge in [-0.25, -0.2) is 13.1 Å². The number of benzene rings is 3. The van der Waals surface area contributed by atoms with E-state index in [2.05, 4.69) is 10.3 Å². The third-order valence-corrected chi connectivity index (χ3v) is 6.53. The molecule has 0 aliphatic heterocycles. The zero-order valence-electron chi connectivity index (χ0n) is 16.1. The zero-order valence-corrected chi connectivity index (χ0v) is 16.9. The van der Waals surface area contributed by atoms with Gasteiger partial charge in [0, 0.05) is 11.3 Å². The summed E-state index contributed by atoms with van der Waals surface area (Å²) in [6, 6.07) is 21.4. The van der Waals surface area contributed by atoms with Gasteiger partial charge in [0.2, 0.25) is 14.9 Å². The van der Waals surface area contributed by atoms with Crippen molar-refractivity contribution in [3.63, 3.8) is 0 Å². The van der Waals surface area contributed by atoms with E-state index in [0.717, 1.165) is 11.1 Å². The van der Waals surface area contributed by atoms with Crippen LogP contribution in [0, 0.1) is 13.8 Å². The number of nitrogens with two attached hydrogens (primary N) is 1. The van der Waals surface area contributed by atoms with E-state index in [0.29, 0.717) is 22.6 Å². The molecular weight excluding hydrogens is 384 g/mol. The summed E-state index contributed by atoms with van der Waals surface area (Å²) in [7, 11) is -3.87. The fraction of sp³-hybridized carbons (Fsp3) is 0.0909. The number of aromatic nitrogens is 3. The summed E-state index contributed by atoms with van der Waals surface area (Å²) < 4.78 is 28.4. The Morgan fingerprint density at radius 2 is 1.55 bits per heavy atom. The van der Waals surface area contributed by atoms with Crippen molar-refractivity contribution in [3.8, 4) is 16.9 Å². The van der Waals surface area contributed by atoms with Gasteiger partial charge in [-0.15, -0.1) is 5.10 Å². The molecule has 7 heteroatoms. The molecule has 1 heterocycles. The molecule has 0 aliphatic carbocycles. The summed E-state index contributed by atoms with van der Waals surface area (Å²) in [6.07, 6.45) is 0. The maximum atomic E-state index is 13.5. The normalized spacial score (nSPS) is 11.5. The van der Waals surface area contributed by atoms with Gasteiger partial charge in [-0.05, 0) is 61.4 Å². The van der Waals surface area contributed by atoms with Gasteiger partial charge in [-0.3, -0.25) is 0 Å². The maximum Gasteiger partial charge on any atom is 0.227 e. The summed E-state index contributed by atoms with van der Waals surface area (Å²) >= 11 is 0. The molecule has 0 saturated heterocycles. The van der Waals surface area contributed by atoms with Gasteiger partial charge >= 0.3 is 0 Å². The second-order valence-corrected chi connectivity index (χ2v) is 8.73. The molecule has 3 aromatic carbocycles. The third kappa shape index (κ3) is 3.40. The van der Waals surface area contributed by atoms with Crippen molar-refractivity contribution in [1.82, 2.24) is 15.0 Å². The quantitative estimate of drug-likeness (QED) is 0.520. The van der Waals surface area contributed by atoms with Crippen LogP contribution < -0.4 is 5.73 Å². The molecule has 29 heavy (non-hydrogen) atoms. The highest BCUT2D eigenvalue weighted by Gasteiger charge is 2.29. The molecule has 0 amide bonds. The molecule has 146 valence electrons. The van der Waals surface area contributed by atoms with E-state index in [9.17, 15) is 8.42 Å². The average Bonchev–Trinajstić information content (AvgIpc) is 3.17. The van der Waals surface area contributed by atoms with Crippen molar-refractivity contribution in [2.75, 3.05) is 5.73 Å². The Morgan fingerprint density at radius 1 is 0.862 bits per heavy atom. The summed E-state index contributed by atoms with van der Waals surface area (Å²) in [5.74, 6) is 0. The van der Waals surface area contributed by atoms with Gasteiger partial charge in [0.1, 0.15) is 5.69 Å². The lowest BCUT2D eigenvalue weighted by atomic mass is 10.1. The first kappa shape index (κ1) is 18.9. The van der Waals surface area contributed by atoms with Crippen LogP contribution in [0.15, 0.2) is 82.7 Å². The molecule has 0 atom stereocenters. The molecule has 1 aromatic heterocycles. The highest BCUT2D eigenvalue weighted by molar-refractivity contribution is 7.91. The van der Waals surface area contributed by atoms with Crippen LogP contribution in [-0.4, -0.2) is 23.4 Å². The second-order valence-electron chi connectivity index (χ2n) is 6.86. The maximum absolute atomic E-state index is 13.5. The van der Waals surface area contributed by atoms with E-state index in [1.807, 2.05) is 44.2 Å². The summed E-state index contributed by atoms with van der Waals surface area (Å²) in [5.41, 5.74) is 10.1. The van der Waals surface area contributed by atoms with Crippen LogP contribution in [0.2, 0.25) is 0 Å². The molecule has 0 saturated carbocycles. The van der Waals surface area contributed by atoms with Gasteiger partial charge in [0.15, 0.2) is 0 Å². The largest absolute Gasteiger partial charge is 0.399 e. The van der Waals surface area contributed by atoms with E-state index < -0.39 is 9.84 Å². The molecule has 0 fully saturated rings. The fourth-order valence-corrected chi connectivity index (χ4v) is 4.49. The standard InChI is InChI=1S/C22H20N4O2S/c1-15-8-13-20(14-16(15)2)29(27,28)22-21(17-6-4-3-5-7-17)26(25-24-22)19-11-9-18(23)10-12-19/h3-14H,23H2,1-2H3. The molecule has 4 aromatic rings. The molecule has 6 nitrogen and oxygen atoms in total. The van der Waals surface area contributed by atoms with E-state index in [4.69, 9.17) is 5.73 Å². The van der Waals surface area contributed by atoms with E-state index in [1.54, 1.807) is 42.5 Å². The van der Waals surface area contributed by atoms with E-state index >= 15 is 0 Å². The lowest BCUT2D eigenvalue weighted by Crippen LogP contribution is -2.06. The highest BCUT2D eigenvalue weighted by Crippen LogP contribution is 2.32. The number of aryl methyl sites for hydroxylation is 2. The number of rotatable bonds is 4. The summed E-state index contributed by atoms with van der Waals surface area (Å²) in [4.78, 5) is 0.196. The number of anilines is 1. The predicted molar refractivity (Wildman–Crippen MR) is 113 cm³/mol. The molecule has 0 radical (unpaired) electrons. The second kappa shape index (κ2) is 7.18. The van der Waals surface area contributed by atoms with Crippen LogP contribution in [0.4, 0.5) is 5.69 Å². The minimum Gasteiger partial charge on any atom is -0.399 e. The topological polar surface area (TPSA) is 90.9 Å². The number of nitrogens with zero attached hydrogens (tertiary/aromatic N) is 3. The van der Waals surface area contributed by atoms with Crippen molar-refractivity contribution < 1.29 is 8.42 Å². The Kier molecular flexibility index (Phi) is 4.68. The first-order valence-electron chi connectivity index (χ1n) is 9.07. The highest BCUT2D eigenvalue weighted by atomic mass is 32.2. The fourth-order valence-electron chi connectivity index (χ4n) is 3.08. The van der Waals surface area contributed by atoms with Gasteiger partial charge in [-0.1, -0.05) is 41.6 Å². The molecule has 0 aliphatic rings. The molecule has 0 spiro atoms. The van der Waals surface area contributed by atoms with Crippen molar-refractivity contribution in [2.45, 2.75) is 23.8 Å². The van der Waals surface area contributed by atoms with Gasteiger partial charge in [0.05, 0.1) is 10.6 Å². The smallest absolute Gasteiger partial charge is 0.227 e. The Bertz CT molecular complexity index is 1280. The first-order valence-corrected chi connectivity index (χ1v) is 10.6. The van der Waals surface area contributed by atoms with Gasteiger partial charge < -0.3 is 5.73 Å². The Labute approximate surface area is 169 Å². The SMILES string of the molecule is Cc1ccc(S(=O)(=O)c2nnn(-c3ccc(N)cc3)c2-c2ccccc2)cc1C. The van der Waals surface area contributed by atoms with Gasteiger partial charge in [0.25, 0.3) is 0 Å². The third-order valence-electron chi connectivity index (χ3n) is 4.87. The van der Waals surface area contributed by atoms with Crippen LogP contribution >= 0.6 is 0 Å². The minimum absolute atomic E-state index is 0.0798. The number of nitrogen functional groups attached to an aromatic ring is 1. The van der Waals surface area contributed by atoms with Crippen LogP contribution in [0.5, 0.6) is 0 Å². The average molecular weight is 404 g/mol. The predicted octanol–water partition coefficient (Wildman–Crippen LogP) is 3.97. The molecular formula is C22H20N4O2S. The number of hydrogen-bond acceptors (Lipinski definition) is 5. The Balaban J connectivity index is 1.96. The number of hydrogen-bond donors (Lipinski definition) is 1. The molecule has 4 rings (SSSR count). The monoisotopic (exact) mass is 404 g/mol. The van der Waals surface area contributed by atoms with Crippen LogP contribution in [0.3, 0.4) is 0 Å². The Morgan fingerprint density at radius 3 is 2.21 bits per heavy atom. The molecule has 0 bridgehead atoms. The first-order chi connectivity index (χ1) is 13.9. The number of sulfone groups is 1. The van der Waals surface area contributed by atoms with Crippen molar-refractivity contribution in [1.29, 1.82) is 0 Å². The van der Waals surface area contributed by atoms with Crippen molar-refractivity contribution >= 4 is 15.5 Å². The molecule has 2 N–H and O–H groups in total. The van der Waals surface area contributed by atoms with Crippen LogP contribution in [-0.2, 0) is 9.84 Å². The van der Waals surface area contributed by atoms with Crippen LogP contribution in [0.1, 0.15) is 11.1 Å². The van der Waals surface area contributed by atoms with Crippen molar-refractivity contribution in [3.05, 3.63) is 83.9 Å². The Hall–Kier alpha value is -3.45. The van der Waals surface area contributed by atoms with Crippen molar-refractivity contribution in [2.24, 2.45) is 0 Å². The zero-order chi connectivity index (χ0) is 20.6. The van der Waals surface area contributed by atoms with Crippen LogP contribution in [0.25, 0.3) is 16.9 Å². The lowest BCUT2D eigenvalue weighted by molar-refractivity contribution is 0.592.